The van der Waals surface area contributed by atoms with Crippen molar-refractivity contribution in [1.82, 2.24) is 5.32 Å². The molecule has 1 amide bonds. The number of halogens is 1. The number of hydrogen-bond acceptors (Lipinski definition) is 1. The first-order valence-corrected chi connectivity index (χ1v) is 6.25. The summed E-state index contributed by atoms with van der Waals surface area (Å²) in [5.74, 6) is 0.835. The Labute approximate surface area is 88.6 Å². The first-order valence-electron chi connectivity index (χ1n) is 5.13. The Kier molecular flexibility index (Phi) is 4.78. The lowest BCUT2D eigenvalue weighted by molar-refractivity contribution is -0.122. The van der Waals surface area contributed by atoms with E-state index in [4.69, 9.17) is 0 Å². The van der Waals surface area contributed by atoms with E-state index in [1.807, 2.05) is 6.92 Å². The van der Waals surface area contributed by atoms with Gasteiger partial charge in [0.15, 0.2) is 0 Å². The first-order chi connectivity index (χ1) is 6.27. The first kappa shape index (κ1) is 11.0. The van der Waals surface area contributed by atoms with Gasteiger partial charge < -0.3 is 5.32 Å². The molecule has 0 bridgehead atoms. The van der Waals surface area contributed by atoms with Crippen molar-refractivity contribution in [3.63, 3.8) is 0 Å². The molecular weight excluding hydrogens is 230 g/mol. The predicted molar refractivity (Wildman–Crippen MR) is 58.0 cm³/mol. The van der Waals surface area contributed by atoms with Crippen molar-refractivity contribution >= 4 is 21.8 Å². The third kappa shape index (κ3) is 3.29. The molecule has 13 heavy (non-hydrogen) atoms. The minimum atomic E-state index is 0.192. The van der Waals surface area contributed by atoms with Gasteiger partial charge in [-0.2, -0.15) is 0 Å². The van der Waals surface area contributed by atoms with Gasteiger partial charge in [-0.25, -0.2) is 0 Å². The van der Waals surface area contributed by atoms with Crippen LogP contribution in [0.15, 0.2) is 0 Å². The van der Waals surface area contributed by atoms with Crippen LogP contribution in [-0.2, 0) is 4.79 Å². The van der Waals surface area contributed by atoms with E-state index in [0.717, 1.165) is 11.8 Å². The topological polar surface area (TPSA) is 29.1 Å². The van der Waals surface area contributed by atoms with Gasteiger partial charge >= 0.3 is 0 Å². The van der Waals surface area contributed by atoms with Crippen LogP contribution in [0.5, 0.6) is 0 Å². The summed E-state index contributed by atoms with van der Waals surface area (Å²) >= 11 is 3.51. The molecule has 0 aliphatic heterocycles. The normalized spacial score (nSPS) is 28.5. The number of carbonyl (C=O) groups is 1. The standard InChI is InChI=1S/C10H18BrNO/c1-2-10(13)12-9-6-4-3-5-8(9)7-11/h8-9H,2-7H2,1H3,(H,12,13). The second kappa shape index (κ2) is 5.63. The highest BCUT2D eigenvalue weighted by Crippen LogP contribution is 2.25. The van der Waals surface area contributed by atoms with Gasteiger partial charge in [-0.1, -0.05) is 35.7 Å². The maximum absolute atomic E-state index is 11.2. The fraction of sp³-hybridized carbons (Fsp3) is 0.900. The lowest BCUT2D eigenvalue weighted by Crippen LogP contribution is -2.42. The smallest absolute Gasteiger partial charge is 0.219 e. The van der Waals surface area contributed by atoms with Gasteiger partial charge in [-0.05, 0) is 18.8 Å². The van der Waals surface area contributed by atoms with Gasteiger partial charge in [0, 0.05) is 17.8 Å². The molecule has 0 heterocycles. The number of nitrogens with one attached hydrogen (secondary N) is 1. The molecule has 0 aromatic carbocycles. The molecule has 2 nitrogen and oxygen atoms in total. The molecule has 0 spiro atoms. The Morgan fingerprint density at radius 2 is 2.15 bits per heavy atom. The molecule has 2 atom stereocenters. The molecule has 2 unspecified atom stereocenters. The molecule has 76 valence electrons. The molecule has 1 rings (SSSR count). The van der Waals surface area contributed by atoms with Crippen LogP contribution in [0, 0.1) is 5.92 Å². The van der Waals surface area contributed by atoms with E-state index in [9.17, 15) is 4.79 Å². The van der Waals surface area contributed by atoms with Crippen LogP contribution >= 0.6 is 15.9 Å². The number of alkyl halides is 1. The largest absolute Gasteiger partial charge is 0.353 e. The SMILES string of the molecule is CCC(=O)NC1CCCCC1CBr. The third-order valence-corrected chi connectivity index (χ3v) is 3.61. The van der Waals surface area contributed by atoms with Crippen LogP contribution in [0.25, 0.3) is 0 Å². The maximum Gasteiger partial charge on any atom is 0.219 e. The Hall–Kier alpha value is -0.0500. The molecule has 0 aromatic rings. The second-order valence-electron chi connectivity index (χ2n) is 3.73. The van der Waals surface area contributed by atoms with Crippen molar-refractivity contribution in [2.45, 2.75) is 45.1 Å². The molecule has 1 aliphatic rings. The van der Waals surface area contributed by atoms with E-state index >= 15 is 0 Å². The van der Waals surface area contributed by atoms with Crippen LogP contribution in [0.2, 0.25) is 0 Å². The maximum atomic E-state index is 11.2. The summed E-state index contributed by atoms with van der Waals surface area (Å²) in [6.45, 7) is 1.90. The molecule has 1 N–H and O–H groups in total. The Morgan fingerprint density at radius 3 is 2.77 bits per heavy atom. The molecule has 1 fully saturated rings. The van der Waals surface area contributed by atoms with Crippen LogP contribution in [0.1, 0.15) is 39.0 Å². The minimum absolute atomic E-state index is 0.192. The highest BCUT2D eigenvalue weighted by molar-refractivity contribution is 9.09. The summed E-state index contributed by atoms with van der Waals surface area (Å²) in [4.78, 5) is 11.2. The number of rotatable bonds is 3. The van der Waals surface area contributed by atoms with Crippen LogP contribution in [-0.4, -0.2) is 17.3 Å². The van der Waals surface area contributed by atoms with Crippen LogP contribution in [0.4, 0.5) is 0 Å². The molecule has 1 saturated carbocycles. The van der Waals surface area contributed by atoms with Crippen molar-refractivity contribution in [2.75, 3.05) is 5.33 Å². The fourth-order valence-corrected chi connectivity index (χ4v) is 2.67. The van der Waals surface area contributed by atoms with E-state index in [-0.39, 0.29) is 5.91 Å². The summed E-state index contributed by atoms with van der Waals surface area (Å²) in [5.41, 5.74) is 0. The van der Waals surface area contributed by atoms with Crippen molar-refractivity contribution < 1.29 is 4.79 Å². The molecule has 3 heteroatoms. The number of hydrogen-bond donors (Lipinski definition) is 1. The fourth-order valence-electron chi connectivity index (χ4n) is 1.89. The third-order valence-electron chi connectivity index (χ3n) is 2.77. The zero-order chi connectivity index (χ0) is 9.68. The lowest BCUT2D eigenvalue weighted by Gasteiger charge is -2.30. The van der Waals surface area contributed by atoms with E-state index in [2.05, 4.69) is 21.2 Å². The minimum Gasteiger partial charge on any atom is -0.353 e. The quantitative estimate of drug-likeness (QED) is 0.764. The van der Waals surface area contributed by atoms with Gasteiger partial charge in [0.05, 0.1) is 0 Å². The van der Waals surface area contributed by atoms with Crippen LogP contribution in [0.3, 0.4) is 0 Å². The van der Waals surface area contributed by atoms with Gasteiger partial charge in [0.1, 0.15) is 0 Å². The molecular formula is C10H18BrNO. The highest BCUT2D eigenvalue weighted by Gasteiger charge is 2.24. The lowest BCUT2D eigenvalue weighted by atomic mass is 9.86. The van der Waals surface area contributed by atoms with E-state index in [0.29, 0.717) is 18.4 Å². The monoisotopic (exact) mass is 247 g/mol. The van der Waals surface area contributed by atoms with E-state index < -0.39 is 0 Å². The number of carbonyl (C=O) groups excluding carboxylic acids is 1. The summed E-state index contributed by atoms with van der Waals surface area (Å²) in [7, 11) is 0. The van der Waals surface area contributed by atoms with Gasteiger partial charge in [-0.3, -0.25) is 4.79 Å². The summed E-state index contributed by atoms with van der Waals surface area (Å²) < 4.78 is 0. The molecule has 1 aliphatic carbocycles. The van der Waals surface area contributed by atoms with E-state index in [1.54, 1.807) is 0 Å². The summed E-state index contributed by atoms with van der Waals surface area (Å²) in [5, 5.41) is 4.12. The van der Waals surface area contributed by atoms with Crippen LogP contribution < -0.4 is 5.32 Å². The van der Waals surface area contributed by atoms with Gasteiger partial charge in [0.2, 0.25) is 5.91 Å². The van der Waals surface area contributed by atoms with Crippen molar-refractivity contribution in [2.24, 2.45) is 5.92 Å². The van der Waals surface area contributed by atoms with Crippen molar-refractivity contribution in [3.8, 4) is 0 Å². The predicted octanol–water partition coefficient (Wildman–Crippen LogP) is 2.47. The summed E-state index contributed by atoms with van der Waals surface area (Å²) in [6.07, 6.45) is 5.58. The van der Waals surface area contributed by atoms with Crippen molar-refractivity contribution in [3.05, 3.63) is 0 Å². The van der Waals surface area contributed by atoms with Gasteiger partial charge in [0.25, 0.3) is 0 Å². The molecule has 0 saturated heterocycles. The molecule has 0 radical (unpaired) electrons. The van der Waals surface area contributed by atoms with Crippen molar-refractivity contribution in [1.29, 1.82) is 0 Å². The van der Waals surface area contributed by atoms with Gasteiger partial charge in [-0.15, -0.1) is 0 Å². The Morgan fingerprint density at radius 1 is 1.46 bits per heavy atom. The second-order valence-corrected chi connectivity index (χ2v) is 4.37. The zero-order valence-electron chi connectivity index (χ0n) is 8.18. The highest BCUT2D eigenvalue weighted by atomic mass is 79.9. The van der Waals surface area contributed by atoms with E-state index in [1.165, 1.54) is 19.3 Å². The number of amides is 1. The average molecular weight is 248 g/mol. The summed E-state index contributed by atoms with van der Waals surface area (Å²) in [6, 6.07) is 0.417. The Balaban J connectivity index is 2.40. The average Bonchev–Trinajstić information content (AvgIpc) is 2.18. The Bertz CT molecular complexity index is 172. The zero-order valence-corrected chi connectivity index (χ0v) is 9.77. The molecule has 0 aromatic heterocycles.